The average molecular weight is 325 g/mol. The SMILES string of the molecule is CCN(CC)C(=O)N1CCN(C(=O)c2ccncc2Cl)CC1. The Morgan fingerprint density at radius 1 is 1.18 bits per heavy atom. The molecule has 0 atom stereocenters. The highest BCUT2D eigenvalue weighted by molar-refractivity contribution is 6.33. The van der Waals surface area contributed by atoms with E-state index in [1.165, 1.54) is 6.20 Å². The van der Waals surface area contributed by atoms with Crippen LogP contribution in [0.3, 0.4) is 0 Å². The van der Waals surface area contributed by atoms with Crippen molar-refractivity contribution < 1.29 is 9.59 Å². The summed E-state index contributed by atoms with van der Waals surface area (Å²) in [7, 11) is 0. The number of carbonyl (C=O) groups excluding carboxylic acids is 2. The number of carbonyl (C=O) groups is 2. The molecule has 0 spiro atoms. The molecule has 3 amide bonds. The minimum absolute atomic E-state index is 0.0408. The number of pyridine rings is 1. The van der Waals surface area contributed by atoms with Gasteiger partial charge in [-0.2, -0.15) is 0 Å². The zero-order chi connectivity index (χ0) is 16.1. The van der Waals surface area contributed by atoms with E-state index < -0.39 is 0 Å². The fourth-order valence-corrected chi connectivity index (χ4v) is 2.71. The molecule has 7 heteroatoms. The molecular formula is C15H21ClN4O2. The zero-order valence-corrected chi connectivity index (χ0v) is 13.7. The Kier molecular flexibility index (Phi) is 5.60. The lowest BCUT2D eigenvalue weighted by Gasteiger charge is -2.37. The maximum absolute atomic E-state index is 12.4. The monoisotopic (exact) mass is 324 g/mol. The Labute approximate surface area is 135 Å². The van der Waals surface area contributed by atoms with Crippen LogP contribution in [0, 0.1) is 0 Å². The van der Waals surface area contributed by atoms with Crippen molar-refractivity contribution in [1.82, 2.24) is 19.7 Å². The van der Waals surface area contributed by atoms with Crippen molar-refractivity contribution in [2.24, 2.45) is 0 Å². The lowest BCUT2D eigenvalue weighted by molar-refractivity contribution is 0.0641. The molecule has 2 rings (SSSR count). The van der Waals surface area contributed by atoms with Gasteiger partial charge in [0.1, 0.15) is 0 Å². The summed E-state index contributed by atoms with van der Waals surface area (Å²) in [6, 6.07) is 1.66. The summed E-state index contributed by atoms with van der Waals surface area (Å²) in [5, 5.41) is 0.356. The van der Waals surface area contributed by atoms with E-state index in [1.54, 1.807) is 27.0 Å². The summed E-state index contributed by atoms with van der Waals surface area (Å²) in [4.78, 5) is 33.9. The van der Waals surface area contributed by atoms with Gasteiger partial charge < -0.3 is 14.7 Å². The van der Waals surface area contributed by atoms with Gasteiger partial charge in [0.25, 0.3) is 5.91 Å². The van der Waals surface area contributed by atoms with E-state index in [4.69, 9.17) is 11.6 Å². The standard InChI is InChI=1S/C15H21ClN4O2/c1-3-18(4-2)15(22)20-9-7-19(8-10-20)14(21)12-5-6-17-11-13(12)16/h5-6,11H,3-4,7-10H2,1-2H3. The second-order valence-corrected chi connectivity index (χ2v) is 5.50. The topological polar surface area (TPSA) is 56.8 Å². The largest absolute Gasteiger partial charge is 0.335 e. The summed E-state index contributed by atoms with van der Waals surface area (Å²) >= 11 is 6.02. The van der Waals surface area contributed by atoms with Crippen molar-refractivity contribution >= 4 is 23.5 Å². The number of urea groups is 1. The van der Waals surface area contributed by atoms with Gasteiger partial charge >= 0.3 is 6.03 Å². The number of aromatic nitrogens is 1. The van der Waals surface area contributed by atoms with E-state index in [-0.39, 0.29) is 11.9 Å². The number of amides is 3. The van der Waals surface area contributed by atoms with E-state index in [2.05, 4.69) is 4.98 Å². The first-order valence-corrected chi connectivity index (χ1v) is 7.88. The van der Waals surface area contributed by atoms with Crippen LogP contribution >= 0.6 is 11.6 Å². The van der Waals surface area contributed by atoms with E-state index in [1.807, 2.05) is 13.8 Å². The molecule has 1 fully saturated rings. The lowest BCUT2D eigenvalue weighted by atomic mass is 10.2. The first kappa shape index (κ1) is 16.5. The lowest BCUT2D eigenvalue weighted by Crippen LogP contribution is -2.54. The number of halogens is 1. The van der Waals surface area contributed by atoms with Gasteiger partial charge in [0.2, 0.25) is 0 Å². The van der Waals surface area contributed by atoms with Crippen LogP contribution in [0.1, 0.15) is 24.2 Å². The number of hydrogen-bond donors (Lipinski definition) is 0. The van der Waals surface area contributed by atoms with Gasteiger partial charge in [0, 0.05) is 51.7 Å². The van der Waals surface area contributed by atoms with Crippen molar-refractivity contribution in [2.45, 2.75) is 13.8 Å². The first-order chi connectivity index (χ1) is 10.6. The predicted molar refractivity (Wildman–Crippen MR) is 85.0 cm³/mol. The maximum Gasteiger partial charge on any atom is 0.320 e. The Balaban J connectivity index is 1.96. The fraction of sp³-hybridized carbons (Fsp3) is 0.533. The van der Waals surface area contributed by atoms with Crippen LogP contribution < -0.4 is 0 Å². The fourth-order valence-electron chi connectivity index (χ4n) is 2.51. The Morgan fingerprint density at radius 2 is 1.77 bits per heavy atom. The molecule has 0 bridgehead atoms. The van der Waals surface area contributed by atoms with Crippen molar-refractivity contribution in [2.75, 3.05) is 39.3 Å². The van der Waals surface area contributed by atoms with Gasteiger partial charge in [0.05, 0.1) is 10.6 Å². The van der Waals surface area contributed by atoms with Gasteiger partial charge in [-0.15, -0.1) is 0 Å². The van der Waals surface area contributed by atoms with Crippen molar-refractivity contribution in [3.05, 3.63) is 29.0 Å². The Morgan fingerprint density at radius 3 is 2.32 bits per heavy atom. The van der Waals surface area contributed by atoms with Gasteiger partial charge in [-0.3, -0.25) is 9.78 Å². The van der Waals surface area contributed by atoms with Gasteiger partial charge in [-0.25, -0.2) is 4.79 Å². The van der Waals surface area contributed by atoms with Crippen LogP contribution in [-0.4, -0.2) is 70.9 Å². The van der Waals surface area contributed by atoms with E-state index in [9.17, 15) is 9.59 Å². The Hall–Kier alpha value is -1.82. The minimum atomic E-state index is -0.109. The number of nitrogens with zero attached hydrogens (tertiary/aromatic N) is 4. The highest BCUT2D eigenvalue weighted by atomic mass is 35.5. The van der Waals surface area contributed by atoms with Crippen LogP contribution in [0.5, 0.6) is 0 Å². The average Bonchev–Trinajstić information content (AvgIpc) is 2.56. The molecule has 0 saturated carbocycles. The quantitative estimate of drug-likeness (QED) is 0.854. The van der Waals surface area contributed by atoms with E-state index in [0.29, 0.717) is 49.9 Å². The highest BCUT2D eigenvalue weighted by Crippen LogP contribution is 2.17. The maximum atomic E-state index is 12.4. The molecule has 1 aliphatic heterocycles. The second kappa shape index (κ2) is 7.45. The highest BCUT2D eigenvalue weighted by Gasteiger charge is 2.27. The molecule has 0 N–H and O–H groups in total. The van der Waals surface area contributed by atoms with Gasteiger partial charge in [-0.1, -0.05) is 11.6 Å². The first-order valence-electron chi connectivity index (χ1n) is 7.51. The van der Waals surface area contributed by atoms with Crippen LogP contribution in [0.4, 0.5) is 4.79 Å². The summed E-state index contributed by atoms with van der Waals surface area (Å²) in [5.74, 6) is -0.109. The van der Waals surface area contributed by atoms with Crippen molar-refractivity contribution in [3.8, 4) is 0 Å². The molecule has 1 saturated heterocycles. The number of rotatable bonds is 3. The molecule has 1 aromatic rings. The van der Waals surface area contributed by atoms with Crippen molar-refractivity contribution in [1.29, 1.82) is 0 Å². The predicted octanol–water partition coefficient (Wildman–Crippen LogP) is 1.95. The minimum Gasteiger partial charge on any atom is -0.335 e. The summed E-state index contributed by atoms with van der Waals surface area (Å²) < 4.78 is 0. The zero-order valence-electron chi connectivity index (χ0n) is 13.0. The van der Waals surface area contributed by atoms with E-state index in [0.717, 1.165) is 0 Å². The second-order valence-electron chi connectivity index (χ2n) is 5.09. The molecule has 0 unspecified atom stereocenters. The number of hydrogen-bond acceptors (Lipinski definition) is 3. The molecule has 0 aromatic carbocycles. The molecule has 1 aliphatic rings. The molecule has 6 nitrogen and oxygen atoms in total. The Bertz CT molecular complexity index is 540. The van der Waals surface area contributed by atoms with E-state index >= 15 is 0 Å². The van der Waals surface area contributed by atoms with Crippen molar-refractivity contribution in [3.63, 3.8) is 0 Å². The molecule has 120 valence electrons. The third-order valence-corrected chi connectivity index (χ3v) is 4.18. The third kappa shape index (κ3) is 3.50. The smallest absolute Gasteiger partial charge is 0.320 e. The molecule has 2 heterocycles. The molecular weight excluding hydrogens is 304 g/mol. The molecule has 0 radical (unpaired) electrons. The summed E-state index contributed by atoms with van der Waals surface area (Å²) in [6.07, 6.45) is 3.02. The normalized spacial score (nSPS) is 14.9. The van der Waals surface area contributed by atoms with Crippen LogP contribution in [0.15, 0.2) is 18.5 Å². The number of piperazine rings is 1. The van der Waals surface area contributed by atoms with Crippen LogP contribution in [-0.2, 0) is 0 Å². The molecule has 22 heavy (non-hydrogen) atoms. The van der Waals surface area contributed by atoms with Crippen LogP contribution in [0.25, 0.3) is 0 Å². The van der Waals surface area contributed by atoms with Crippen LogP contribution in [0.2, 0.25) is 5.02 Å². The summed E-state index contributed by atoms with van der Waals surface area (Å²) in [6.45, 7) is 7.45. The molecule has 0 aliphatic carbocycles. The summed E-state index contributed by atoms with van der Waals surface area (Å²) in [5.41, 5.74) is 0.459. The van der Waals surface area contributed by atoms with Gasteiger partial charge in [-0.05, 0) is 19.9 Å². The third-order valence-electron chi connectivity index (χ3n) is 3.87. The van der Waals surface area contributed by atoms with Gasteiger partial charge in [0.15, 0.2) is 0 Å². The molecule has 1 aromatic heterocycles.